The summed E-state index contributed by atoms with van der Waals surface area (Å²) in [5.41, 5.74) is 0. The van der Waals surface area contributed by atoms with Crippen molar-refractivity contribution < 1.29 is 21.9 Å². The molecule has 0 aliphatic rings. The first-order valence-corrected chi connectivity index (χ1v) is 8.57. The fraction of sp³-hybridized carbons (Fsp3) is 0.273. The normalized spacial score (nSPS) is 12.6. The Labute approximate surface area is 118 Å². The monoisotopic (exact) mass is 320 g/mol. The number of sulfonamides is 2. The molecule has 0 heterocycles. The van der Waals surface area contributed by atoms with Gasteiger partial charge in [0.15, 0.2) is 0 Å². The second kappa shape index (κ2) is 6.46. The van der Waals surface area contributed by atoms with Gasteiger partial charge in [-0.2, -0.15) is 4.31 Å². The summed E-state index contributed by atoms with van der Waals surface area (Å²) < 4.78 is 48.7. The molecule has 3 N–H and O–H groups in total. The summed E-state index contributed by atoms with van der Waals surface area (Å²) in [6.45, 7) is 2.81. The van der Waals surface area contributed by atoms with Crippen molar-refractivity contribution in [3.05, 3.63) is 36.9 Å². The standard InChI is InChI=1S/C11H16N2O5S2/c1-2-7-13(8-9-14)20(17,18)11-6-4-3-5-10(11)19(12,15)16/h2-6,14H,1,7-9H2,(H2,12,15,16). The molecule has 0 saturated carbocycles. The molecule has 0 amide bonds. The van der Waals surface area contributed by atoms with Crippen LogP contribution in [0.25, 0.3) is 0 Å². The molecule has 0 aliphatic heterocycles. The fourth-order valence-corrected chi connectivity index (χ4v) is 4.36. The highest BCUT2D eigenvalue weighted by Gasteiger charge is 2.28. The number of aliphatic hydroxyl groups excluding tert-OH is 1. The van der Waals surface area contributed by atoms with Crippen molar-refractivity contribution in [2.24, 2.45) is 5.14 Å². The molecule has 0 atom stereocenters. The first kappa shape index (κ1) is 16.8. The molecule has 0 saturated heterocycles. The van der Waals surface area contributed by atoms with Gasteiger partial charge in [0.1, 0.15) is 9.79 Å². The summed E-state index contributed by atoms with van der Waals surface area (Å²) >= 11 is 0. The number of nitrogens with two attached hydrogens (primary N) is 1. The van der Waals surface area contributed by atoms with Gasteiger partial charge in [-0.1, -0.05) is 18.2 Å². The lowest BCUT2D eigenvalue weighted by Crippen LogP contribution is -2.34. The molecular weight excluding hydrogens is 304 g/mol. The van der Waals surface area contributed by atoms with Crippen LogP contribution in [0.2, 0.25) is 0 Å². The van der Waals surface area contributed by atoms with Crippen LogP contribution in [0, 0.1) is 0 Å². The maximum atomic E-state index is 12.4. The van der Waals surface area contributed by atoms with Crippen LogP contribution in [0.15, 0.2) is 46.7 Å². The smallest absolute Gasteiger partial charge is 0.244 e. The predicted molar refractivity (Wildman–Crippen MR) is 73.9 cm³/mol. The molecule has 0 spiro atoms. The van der Waals surface area contributed by atoms with E-state index < -0.39 is 36.4 Å². The SMILES string of the molecule is C=CCN(CCO)S(=O)(=O)c1ccccc1S(N)(=O)=O. The van der Waals surface area contributed by atoms with Gasteiger partial charge in [0, 0.05) is 13.1 Å². The number of hydrogen-bond acceptors (Lipinski definition) is 5. The molecule has 0 fully saturated rings. The minimum absolute atomic E-state index is 0.0537. The van der Waals surface area contributed by atoms with Crippen molar-refractivity contribution in [1.29, 1.82) is 0 Å². The molecule has 0 aromatic heterocycles. The van der Waals surface area contributed by atoms with Gasteiger partial charge in [-0.3, -0.25) is 0 Å². The largest absolute Gasteiger partial charge is 0.395 e. The molecule has 1 aromatic carbocycles. The Morgan fingerprint density at radius 1 is 1.20 bits per heavy atom. The Bertz CT molecular complexity index is 683. The summed E-state index contributed by atoms with van der Waals surface area (Å²) in [6.07, 6.45) is 1.34. The zero-order chi connectivity index (χ0) is 15.4. The van der Waals surface area contributed by atoms with Crippen molar-refractivity contribution in [1.82, 2.24) is 4.31 Å². The lowest BCUT2D eigenvalue weighted by atomic mass is 10.4. The third-order valence-electron chi connectivity index (χ3n) is 2.46. The highest BCUT2D eigenvalue weighted by atomic mass is 32.2. The van der Waals surface area contributed by atoms with E-state index in [2.05, 4.69) is 6.58 Å². The summed E-state index contributed by atoms with van der Waals surface area (Å²) in [4.78, 5) is -0.898. The van der Waals surface area contributed by atoms with E-state index in [9.17, 15) is 16.8 Å². The van der Waals surface area contributed by atoms with Crippen LogP contribution < -0.4 is 5.14 Å². The second-order valence-electron chi connectivity index (χ2n) is 3.87. The number of primary sulfonamides is 1. The van der Waals surface area contributed by atoms with E-state index in [1.54, 1.807) is 0 Å². The number of benzene rings is 1. The zero-order valence-corrected chi connectivity index (χ0v) is 12.3. The van der Waals surface area contributed by atoms with E-state index in [4.69, 9.17) is 10.2 Å². The molecule has 9 heteroatoms. The number of rotatable bonds is 7. The van der Waals surface area contributed by atoms with Crippen LogP contribution in [0.5, 0.6) is 0 Å². The van der Waals surface area contributed by atoms with Crippen LogP contribution in [-0.2, 0) is 20.0 Å². The molecule has 0 aliphatic carbocycles. The summed E-state index contributed by atoms with van der Waals surface area (Å²) in [6, 6.07) is 5.05. The minimum atomic E-state index is -4.17. The third kappa shape index (κ3) is 3.64. The topological polar surface area (TPSA) is 118 Å². The van der Waals surface area contributed by atoms with Crippen molar-refractivity contribution >= 4 is 20.0 Å². The summed E-state index contributed by atoms with van der Waals surface area (Å²) in [5, 5.41) is 13.9. The minimum Gasteiger partial charge on any atom is -0.395 e. The van der Waals surface area contributed by atoms with E-state index in [0.29, 0.717) is 0 Å². The predicted octanol–water partition coefficient (Wildman–Crippen LogP) is -0.497. The fourth-order valence-electron chi connectivity index (χ4n) is 1.60. The van der Waals surface area contributed by atoms with Gasteiger partial charge in [0.05, 0.1) is 6.61 Å². The highest BCUT2D eigenvalue weighted by Crippen LogP contribution is 2.23. The van der Waals surface area contributed by atoms with Crippen LogP contribution in [-0.4, -0.2) is 45.9 Å². The molecular formula is C11H16N2O5S2. The van der Waals surface area contributed by atoms with E-state index in [0.717, 1.165) is 16.4 Å². The Balaban J connectivity index is 3.46. The van der Waals surface area contributed by atoms with Crippen molar-refractivity contribution in [3.8, 4) is 0 Å². The molecule has 0 radical (unpaired) electrons. The van der Waals surface area contributed by atoms with Crippen LogP contribution >= 0.6 is 0 Å². The van der Waals surface area contributed by atoms with Crippen LogP contribution in [0.1, 0.15) is 0 Å². The van der Waals surface area contributed by atoms with Gasteiger partial charge < -0.3 is 5.11 Å². The molecule has 112 valence electrons. The van der Waals surface area contributed by atoms with Gasteiger partial charge >= 0.3 is 0 Å². The Morgan fingerprint density at radius 2 is 1.75 bits per heavy atom. The first-order valence-electron chi connectivity index (χ1n) is 5.59. The molecule has 1 rings (SSSR count). The van der Waals surface area contributed by atoms with Crippen molar-refractivity contribution in [2.75, 3.05) is 19.7 Å². The Morgan fingerprint density at radius 3 is 2.20 bits per heavy atom. The molecule has 1 aromatic rings. The third-order valence-corrected chi connectivity index (χ3v) is 5.48. The summed E-state index contributed by atoms with van der Waals surface area (Å²) in [5.74, 6) is 0. The van der Waals surface area contributed by atoms with Gasteiger partial charge in [-0.25, -0.2) is 22.0 Å². The maximum Gasteiger partial charge on any atom is 0.244 e. The lowest BCUT2D eigenvalue weighted by molar-refractivity contribution is 0.260. The quantitative estimate of drug-likeness (QED) is 0.657. The van der Waals surface area contributed by atoms with Crippen LogP contribution in [0.4, 0.5) is 0 Å². The average Bonchev–Trinajstić information content (AvgIpc) is 2.37. The summed E-state index contributed by atoms with van der Waals surface area (Å²) in [7, 11) is -8.27. The van der Waals surface area contributed by atoms with E-state index in [1.807, 2.05) is 0 Å². The zero-order valence-electron chi connectivity index (χ0n) is 10.6. The van der Waals surface area contributed by atoms with Crippen molar-refractivity contribution in [2.45, 2.75) is 9.79 Å². The van der Waals surface area contributed by atoms with Gasteiger partial charge in [0.25, 0.3) is 0 Å². The highest BCUT2D eigenvalue weighted by molar-refractivity contribution is 7.92. The molecule has 7 nitrogen and oxygen atoms in total. The first-order chi connectivity index (χ1) is 9.25. The van der Waals surface area contributed by atoms with Gasteiger partial charge in [0.2, 0.25) is 20.0 Å². The van der Waals surface area contributed by atoms with Crippen LogP contribution in [0.3, 0.4) is 0 Å². The van der Waals surface area contributed by atoms with Gasteiger partial charge in [-0.15, -0.1) is 6.58 Å². The van der Waals surface area contributed by atoms with Crippen molar-refractivity contribution in [3.63, 3.8) is 0 Å². The van der Waals surface area contributed by atoms with E-state index in [-0.39, 0.29) is 13.1 Å². The molecule has 20 heavy (non-hydrogen) atoms. The number of nitrogens with zero attached hydrogens (tertiary/aromatic N) is 1. The van der Waals surface area contributed by atoms with E-state index >= 15 is 0 Å². The number of hydrogen-bond donors (Lipinski definition) is 2. The Kier molecular flexibility index (Phi) is 5.42. The molecule has 0 bridgehead atoms. The Hall–Kier alpha value is -1.26. The lowest BCUT2D eigenvalue weighted by Gasteiger charge is -2.20. The second-order valence-corrected chi connectivity index (χ2v) is 7.30. The molecule has 0 unspecified atom stereocenters. The van der Waals surface area contributed by atoms with Gasteiger partial charge in [-0.05, 0) is 12.1 Å². The maximum absolute atomic E-state index is 12.4. The number of aliphatic hydroxyl groups is 1. The average molecular weight is 320 g/mol. The van der Waals surface area contributed by atoms with E-state index in [1.165, 1.54) is 18.2 Å².